The first-order valence-corrected chi connectivity index (χ1v) is 13.9. The molecule has 42 heavy (non-hydrogen) atoms. The summed E-state index contributed by atoms with van der Waals surface area (Å²) < 4.78 is 21.8. The van der Waals surface area contributed by atoms with Crippen LogP contribution in [0.25, 0.3) is 11.1 Å². The summed E-state index contributed by atoms with van der Waals surface area (Å²) in [4.78, 5) is 51.1. The zero-order chi connectivity index (χ0) is 31.1. The van der Waals surface area contributed by atoms with E-state index >= 15 is 0 Å². The van der Waals surface area contributed by atoms with E-state index in [9.17, 15) is 19.2 Å². The number of amides is 2. The zero-order valence-electron chi connectivity index (χ0n) is 25.5. The Labute approximate surface area is 246 Å². The summed E-state index contributed by atoms with van der Waals surface area (Å²) in [6, 6.07) is 4.65. The second-order valence-electron chi connectivity index (χ2n) is 10.4. The Kier molecular flexibility index (Phi) is 10.8. The van der Waals surface area contributed by atoms with Gasteiger partial charge in [0.1, 0.15) is 12.1 Å². The smallest absolute Gasteiger partial charge is 0.328 e. The van der Waals surface area contributed by atoms with Crippen molar-refractivity contribution in [3.63, 3.8) is 0 Å². The maximum Gasteiger partial charge on any atom is 0.328 e. The molecule has 228 valence electrons. The molecule has 0 fully saturated rings. The minimum atomic E-state index is -0.861. The van der Waals surface area contributed by atoms with Crippen molar-refractivity contribution in [2.75, 3.05) is 33.8 Å². The lowest BCUT2D eigenvalue weighted by Gasteiger charge is -2.25. The van der Waals surface area contributed by atoms with Crippen molar-refractivity contribution in [3.05, 3.63) is 45.6 Å². The van der Waals surface area contributed by atoms with Gasteiger partial charge in [0, 0.05) is 12.5 Å². The van der Waals surface area contributed by atoms with Crippen molar-refractivity contribution >= 4 is 23.5 Å². The van der Waals surface area contributed by atoms with Crippen LogP contribution in [0.2, 0.25) is 0 Å². The van der Waals surface area contributed by atoms with Crippen LogP contribution in [0.3, 0.4) is 0 Å². The summed E-state index contributed by atoms with van der Waals surface area (Å²) in [5.41, 5.74) is 2.74. The molecule has 0 spiro atoms. The fourth-order valence-electron chi connectivity index (χ4n) is 5.24. The van der Waals surface area contributed by atoms with E-state index in [1.54, 1.807) is 19.2 Å². The van der Waals surface area contributed by atoms with Crippen molar-refractivity contribution in [3.8, 4) is 28.4 Å². The van der Waals surface area contributed by atoms with Gasteiger partial charge in [-0.2, -0.15) is 0 Å². The summed E-state index contributed by atoms with van der Waals surface area (Å²) in [6.07, 6.45) is 1.73. The Morgan fingerprint density at radius 2 is 1.69 bits per heavy atom. The molecule has 0 saturated heterocycles. The summed E-state index contributed by atoms with van der Waals surface area (Å²) in [6.45, 7) is 6.79. The average Bonchev–Trinajstić information content (AvgIpc) is 3.21. The fraction of sp³-hybridized carbons (Fsp3) is 0.484. The maximum absolute atomic E-state index is 13.7. The predicted molar refractivity (Wildman–Crippen MR) is 159 cm³/mol. The minimum absolute atomic E-state index is 0.178. The summed E-state index contributed by atoms with van der Waals surface area (Å²) >= 11 is 0. The van der Waals surface area contributed by atoms with Crippen LogP contribution >= 0.6 is 0 Å². The predicted octanol–water partition coefficient (Wildman–Crippen LogP) is 3.37. The van der Waals surface area contributed by atoms with Gasteiger partial charge < -0.3 is 34.9 Å². The molecule has 0 saturated carbocycles. The zero-order valence-corrected chi connectivity index (χ0v) is 25.5. The topological polar surface area (TPSA) is 141 Å². The Hall–Kier alpha value is -4.28. The molecular formula is C31H41N3O8. The molecule has 3 rings (SSSR count). The molecular weight excluding hydrogens is 542 g/mol. The van der Waals surface area contributed by atoms with E-state index in [4.69, 9.17) is 18.9 Å². The largest absolute Gasteiger partial charge is 0.493 e. The molecule has 11 heteroatoms. The Morgan fingerprint density at radius 1 is 1.00 bits per heavy atom. The molecule has 2 aromatic rings. The number of aryl methyl sites for hydroxylation is 1. The van der Waals surface area contributed by atoms with Crippen LogP contribution in [0.1, 0.15) is 57.7 Å². The molecule has 4 unspecified atom stereocenters. The molecule has 1 aliphatic rings. The second-order valence-corrected chi connectivity index (χ2v) is 10.4. The first kappa shape index (κ1) is 32.2. The molecule has 0 aromatic heterocycles. The van der Waals surface area contributed by atoms with Gasteiger partial charge in [-0.3, -0.25) is 14.4 Å². The van der Waals surface area contributed by atoms with Crippen LogP contribution in [0, 0.1) is 5.92 Å². The highest BCUT2D eigenvalue weighted by molar-refractivity contribution is 5.89. The molecule has 1 aliphatic carbocycles. The number of ether oxygens (including phenoxy) is 4. The fourth-order valence-corrected chi connectivity index (χ4v) is 5.24. The number of rotatable bonds is 11. The quantitative estimate of drug-likeness (QED) is 0.340. The standard InChI is InChI=1S/C31H41N3O8/c1-9-16(2)27(30(37)32-17(3)31(38)42-8)34-23-13-11-20-21(15-24(23)36)22(33-18(4)35)12-10-19-14-25(39-5)28(40-6)29(41-7)26(19)20/h11,13-17,22,27H,9-10,12H2,1-8H3,(H,32,37)(H,33,35)(H,34,36). The molecule has 0 radical (unpaired) electrons. The van der Waals surface area contributed by atoms with E-state index in [1.807, 2.05) is 19.9 Å². The van der Waals surface area contributed by atoms with Gasteiger partial charge in [0.15, 0.2) is 11.5 Å². The number of hydrogen-bond donors (Lipinski definition) is 3. The molecule has 2 aromatic carbocycles. The van der Waals surface area contributed by atoms with Crippen molar-refractivity contribution in [2.24, 2.45) is 5.92 Å². The highest BCUT2D eigenvalue weighted by Gasteiger charge is 2.31. The number of carbonyl (C=O) groups is 3. The van der Waals surface area contributed by atoms with E-state index in [0.717, 1.165) is 11.1 Å². The van der Waals surface area contributed by atoms with Crippen molar-refractivity contribution < 1.29 is 33.3 Å². The Balaban J connectivity index is 2.22. The monoisotopic (exact) mass is 583 g/mol. The van der Waals surface area contributed by atoms with E-state index in [-0.39, 0.29) is 22.9 Å². The highest BCUT2D eigenvalue weighted by Crippen LogP contribution is 2.50. The first-order valence-electron chi connectivity index (χ1n) is 13.9. The highest BCUT2D eigenvalue weighted by atomic mass is 16.5. The number of anilines is 1. The normalized spacial score (nSPS) is 15.9. The number of esters is 1. The van der Waals surface area contributed by atoms with Crippen molar-refractivity contribution in [1.82, 2.24) is 10.6 Å². The van der Waals surface area contributed by atoms with Gasteiger partial charge in [-0.1, -0.05) is 26.3 Å². The third-order valence-electron chi connectivity index (χ3n) is 7.64. The van der Waals surface area contributed by atoms with Crippen LogP contribution in [-0.4, -0.2) is 58.3 Å². The molecule has 4 atom stereocenters. The van der Waals surface area contributed by atoms with Crippen LogP contribution in [0.4, 0.5) is 5.69 Å². The number of fused-ring (bicyclic) bond motifs is 3. The van der Waals surface area contributed by atoms with E-state index in [0.29, 0.717) is 47.6 Å². The number of nitrogens with one attached hydrogen (secondary N) is 3. The SMILES string of the molecule is CCC(C)C(Nc1ccc2c(cc1=O)C(NC(C)=O)CCc1cc(OC)c(OC)c(OC)c1-2)C(=O)NC(C)C(=O)OC. The molecule has 0 heterocycles. The second kappa shape index (κ2) is 14.1. The van der Waals surface area contributed by atoms with E-state index in [1.165, 1.54) is 41.2 Å². The molecule has 3 N–H and O–H groups in total. The van der Waals surface area contributed by atoms with Crippen molar-refractivity contribution in [2.45, 2.75) is 65.1 Å². The summed E-state index contributed by atoms with van der Waals surface area (Å²) in [7, 11) is 5.85. The van der Waals surface area contributed by atoms with E-state index < -0.39 is 30.0 Å². The first-order chi connectivity index (χ1) is 20.0. The third kappa shape index (κ3) is 6.78. The molecule has 2 amide bonds. The average molecular weight is 584 g/mol. The van der Waals surface area contributed by atoms with Crippen LogP contribution in [0.5, 0.6) is 17.2 Å². The number of hydrogen-bond acceptors (Lipinski definition) is 9. The van der Waals surface area contributed by atoms with Crippen LogP contribution < -0.4 is 35.6 Å². The maximum atomic E-state index is 13.7. The van der Waals surface area contributed by atoms with Gasteiger partial charge in [0.05, 0.1) is 40.2 Å². The Morgan fingerprint density at radius 3 is 2.26 bits per heavy atom. The van der Waals surface area contributed by atoms with Crippen LogP contribution in [0.15, 0.2) is 29.1 Å². The lowest BCUT2D eigenvalue weighted by Crippen LogP contribution is -2.49. The minimum Gasteiger partial charge on any atom is -0.493 e. The lowest BCUT2D eigenvalue weighted by atomic mass is 9.95. The molecule has 0 aliphatic heterocycles. The molecule has 0 bridgehead atoms. The van der Waals surface area contributed by atoms with Gasteiger partial charge in [0.2, 0.25) is 23.0 Å². The van der Waals surface area contributed by atoms with Crippen molar-refractivity contribution in [1.29, 1.82) is 0 Å². The number of methoxy groups -OCH3 is 4. The molecule has 11 nitrogen and oxygen atoms in total. The van der Waals surface area contributed by atoms with Crippen LogP contribution in [-0.2, 0) is 25.5 Å². The van der Waals surface area contributed by atoms with Gasteiger partial charge >= 0.3 is 5.97 Å². The third-order valence-corrected chi connectivity index (χ3v) is 7.64. The van der Waals surface area contributed by atoms with Gasteiger partial charge in [-0.25, -0.2) is 4.79 Å². The summed E-state index contributed by atoms with van der Waals surface area (Å²) in [5.74, 6) is -0.0688. The number of carbonyl (C=O) groups excluding carboxylic acids is 3. The lowest BCUT2D eigenvalue weighted by molar-refractivity contribution is -0.144. The van der Waals surface area contributed by atoms with Gasteiger partial charge in [-0.05, 0) is 60.6 Å². The Bertz CT molecular complexity index is 1390. The van der Waals surface area contributed by atoms with E-state index in [2.05, 4.69) is 16.0 Å². The van der Waals surface area contributed by atoms with Gasteiger partial charge in [0.25, 0.3) is 0 Å². The summed E-state index contributed by atoms with van der Waals surface area (Å²) in [5, 5.41) is 8.78. The van der Waals surface area contributed by atoms with Gasteiger partial charge in [-0.15, -0.1) is 0 Å². The number of benzene rings is 1.